The van der Waals surface area contributed by atoms with E-state index in [0.717, 1.165) is 28.3 Å². The molecule has 0 N–H and O–H groups in total. The smallest absolute Gasteiger partial charge is 0.311 e. The Balaban J connectivity index is 1.70. The second kappa shape index (κ2) is 9.39. The minimum atomic E-state index is -0.873. The second-order valence-corrected chi connectivity index (χ2v) is 7.12. The van der Waals surface area contributed by atoms with Crippen LogP contribution in [0.25, 0.3) is 5.69 Å². The number of amides is 1. The number of benzene rings is 2. The van der Waals surface area contributed by atoms with E-state index in [2.05, 4.69) is 5.10 Å². The fourth-order valence-electron chi connectivity index (χ4n) is 3.48. The number of aryl methyl sites for hydroxylation is 1. The van der Waals surface area contributed by atoms with Gasteiger partial charge in [-0.05, 0) is 52.0 Å². The Morgan fingerprint density at radius 1 is 1.03 bits per heavy atom. The molecule has 156 valence electrons. The van der Waals surface area contributed by atoms with Gasteiger partial charge >= 0.3 is 5.97 Å². The molecule has 3 aromatic rings. The first kappa shape index (κ1) is 21.3. The molecule has 1 amide bonds. The van der Waals surface area contributed by atoms with Gasteiger partial charge in [-0.3, -0.25) is 9.59 Å². The van der Waals surface area contributed by atoms with Gasteiger partial charge in [-0.1, -0.05) is 36.4 Å². The maximum absolute atomic E-state index is 12.8. The SMILES string of the molecule is CCN(C(=O)[C@H](C)OC(=O)Cc1c(C)nn(-c2ccccc2)c1C)c1ccccc1. The Bertz CT molecular complexity index is 1010. The van der Waals surface area contributed by atoms with Crippen LogP contribution < -0.4 is 4.90 Å². The molecule has 6 nitrogen and oxygen atoms in total. The summed E-state index contributed by atoms with van der Waals surface area (Å²) in [5.41, 5.74) is 4.19. The van der Waals surface area contributed by atoms with Crippen molar-refractivity contribution >= 4 is 17.6 Å². The van der Waals surface area contributed by atoms with Crippen molar-refractivity contribution in [2.45, 2.75) is 40.2 Å². The van der Waals surface area contributed by atoms with Crippen LogP contribution in [-0.2, 0) is 20.7 Å². The predicted octanol–water partition coefficient (Wildman–Crippen LogP) is 4.02. The molecule has 2 aromatic carbocycles. The monoisotopic (exact) mass is 405 g/mol. The third-order valence-electron chi connectivity index (χ3n) is 5.07. The number of hydrogen-bond donors (Lipinski definition) is 0. The number of aromatic nitrogens is 2. The van der Waals surface area contributed by atoms with Crippen molar-refractivity contribution in [2.75, 3.05) is 11.4 Å². The zero-order valence-corrected chi connectivity index (χ0v) is 17.8. The average Bonchev–Trinajstić information content (AvgIpc) is 3.03. The van der Waals surface area contributed by atoms with Gasteiger partial charge in [0.05, 0.1) is 17.8 Å². The summed E-state index contributed by atoms with van der Waals surface area (Å²) in [4.78, 5) is 27.0. The number of para-hydroxylation sites is 2. The maximum Gasteiger partial charge on any atom is 0.311 e. The number of anilines is 1. The van der Waals surface area contributed by atoms with Gasteiger partial charge in [-0.15, -0.1) is 0 Å². The van der Waals surface area contributed by atoms with Gasteiger partial charge in [-0.25, -0.2) is 4.68 Å². The van der Waals surface area contributed by atoms with Gasteiger partial charge < -0.3 is 9.64 Å². The Morgan fingerprint density at radius 3 is 2.23 bits per heavy atom. The van der Waals surface area contributed by atoms with E-state index in [0.29, 0.717) is 6.54 Å². The van der Waals surface area contributed by atoms with Crippen LogP contribution in [0.2, 0.25) is 0 Å². The maximum atomic E-state index is 12.8. The van der Waals surface area contributed by atoms with Crippen LogP contribution in [0.5, 0.6) is 0 Å². The summed E-state index contributed by atoms with van der Waals surface area (Å²) in [6.45, 7) is 7.80. The lowest BCUT2D eigenvalue weighted by molar-refractivity contribution is -0.153. The van der Waals surface area contributed by atoms with Crippen molar-refractivity contribution in [1.82, 2.24) is 9.78 Å². The normalized spacial score (nSPS) is 11.7. The lowest BCUT2D eigenvalue weighted by atomic mass is 10.1. The van der Waals surface area contributed by atoms with E-state index < -0.39 is 12.1 Å². The van der Waals surface area contributed by atoms with Gasteiger partial charge in [0.25, 0.3) is 5.91 Å². The standard InChI is InChI=1S/C24H27N3O3/c1-5-26(20-12-8-6-9-13-20)24(29)19(4)30-23(28)16-22-17(2)25-27(18(22)3)21-14-10-7-11-15-21/h6-15,19H,5,16H2,1-4H3/t19-/m0/s1. The number of ether oxygens (including phenoxy) is 1. The number of nitrogens with zero attached hydrogens (tertiary/aromatic N) is 3. The predicted molar refractivity (Wildman–Crippen MR) is 117 cm³/mol. The third kappa shape index (κ3) is 4.59. The molecule has 0 bridgehead atoms. The van der Waals surface area contributed by atoms with Gasteiger partial charge in [0, 0.05) is 23.5 Å². The average molecular weight is 405 g/mol. The van der Waals surface area contributed by atoms with Crippen molar-refractivity contribution in [3.63, 3.8) is 0 Å². The van der Waals surface area contributed by atoms with Crippen LogP contribution in [0.1, 0.15) is 30.8 Å². The number of carbonyl (C=O) groups excluding carboxylic acids is 2. The molecule has 0 unspecified atom stereocenters. The number of hydrogen-bond acceptors (Lipinski definition) is 4. The molecule has 1 heterocycles. The lowest BCUT2D eigenvalue weighted by Crippen LogP contribution is -2.40. The second-order valence-electron chi connectivity index (χ2n) is 7.12. The molecule has 0 saturated heterocycles. The van der Waals surface area contributed by atoms with E-state index in [9.17, 15) is 9.59 Å². The van der Waals surface area contributed by atoms with Crippen molar-refractivity contribution in [3.05, 3.63) is 77.6 Å². The highest BCUT2D eigenvalue weighted by molar-refractivity contribution is 5.97. The van der Waals surface area contributed by atoms with Crippen LogP contribution in [-0.4, -0.2) is 34.3 Å². The van der Waals surface area contributed by atoms with Gasteiger partial charge in [-0.2, -0.15) is 5.10 Å². The zero-order chi connectivity index (χ0) is 21.7. The van der Waals surface area contributed by atoms with E-state index in [-0.39, 0.29) is 12.3 Å². The number of esters is 1. The number of rotatable bonds is 7. The highest BCUT2D eigenvalue weighted by atomic mass is 16.5. The summed E-state index contributed by atoms with van der Waals surface area (Å²) in [6.07, 6.45) is -0.804. The third-order valence-corrected chi connectivity index (χ3v) is 5.07. The van der Waals surface area contributed by atoms with E-state index >= 15 is 0 Å². The largest absolute Gasteiger partial charge is 0.452 e. The first-order valence-electron chi connectivity index (χ1n) is 10.1. The summed E-state index contributed by atoms with van der Waals surface area (Å²) in [5.74, 6) is -0.691. The van der Waals surface area contributed by atoms with E-state index in [4.69, 9.17) is 4.74 Å². The molecule has 0 radical (unpaired) electrons. The minimum Gasteiger partial charge on any atom is -0.452 e. The Labute approximate surface area is 177 Å². The molecule has 0 aliphatic heterocycles. The Kier molecular flexibility index (Phi) is 6.67. The fourth-order valence-corrected chi connectivity index (χ4v) is 3.48. The van der Waals surface area contributed by atoms with Gasteiger partial charge in [0.15, 0.2) is 6.10 Å². The molecule has 1 aromatic heterocycles. The zero-order valence-electron chi connectivity index (χ0n) is 17.8. The Hall–Kier alpha value is -3.41. The van der Waals surface area contributed by atoms with Crippen LogP contribution in [0.15, 0.2) is 60.7 Å². The highest BCUT2D eigenvalue weighted by Crippen LogP contribution is 2.20. The molecule has 30 heavy (non-hydrogen) atoms. The fraction of sp³-hybridized carbons (Fsp3) is 0.292. The van der Waals surface area contributed by atoms with Crippen LogP contribution in [0, 0.1) is 13.8 Å². The van der Waals surface area contributed by atoms with Crippen molar-refractivity contribution in [2.24, 2.45) is 0 Å². The summed E-state index contributed by atoms with van der Waals surface area (Å²) in [7, 11) is 0. The van der Waals surface area contributed by atoms with Crippen molar-refractivity contribution in [1.29, 1.82) is 0 Å². The van der Waals surface area contributed by atoms with Crippen LogP contribution in [0.4, 0.5) is 5.69 Å². The topological polar surface area (TPSA) is 64.4 Å². The van der Waals surface area contributed by atoms with Crippen molar-refractivity contribution < 1.29 is 14.3 Å². The molecular weight excluding hydrogens is 378 g/mol. The summed E-state index contributed by atoms with van der Waals surface area (Å²) >= 11 is 0. The minimum absolute atomic E-state index is 0.0690. The van der Waals surface area contributed by atoms with E-state index in [1.54, 1.807) is 11.8 Å². The molecule has 0 spiro atoms. The van der Waals surface area contributed by atoms with E-state index in [1.807, 2.05) is 86.1 Å². The number of carbonyl (C=O) groups is 2. The molecule has 6 heteroatoms. The van der Waals surface area contributed by atoms with Crippen molar-refractivity contribution in [3.8, 4) is 5.69 Å². The molecule has 1 atom stereocenters. The summed E-state index contributed by atoms with van der Waals surface area (Å²) in [5, 5.41) is 4.56. The summed E-state index contributed by atoms with van der Waals surface area (Å²) < 4.78 is 7.30. The first-order chi connectivity index (χ1) is 14.4. The van der Waals surface area contributed by atoms with Crippen LogP contribution >= 0.6 is 0 Å². The first-order valence-corrected chi connectivity index (χ1v) is 10.1. The molecule has 0 saturated carbocycles. The van der Waals surface area contributed by atoms with Gasteiger partial charge in [0.2, 0.25) is 0 Å². The molecule has 0 aliphatic carbocycles. The molecule has 0 aliphatic rings. The molecule has 0 fully saturated rings. The summed E-state index contributed by atoms with van der Waals surface area (Å²) in [6, 6.07) is 19.1. The Morgan fingerprint density at radius 2 is 1.63 bits per heavy atom. The molecule has 3 rings (SSSR count). The van der Waals surface area contributed by atoms with Crippen LogP contribution in [0.3, 0.4) is 0 Å². The molecular formula is C24H27N3O3. The number of likely N-dealkylation sites (N-methyl/N-ethyl adjacent to an activating group) is 1. The quantitative estimate of drug-likeness (QED) is 0.557. The van der Waals surface area contributed by atoms with E-state index in [1.165, 1.54) is 0 Å². The lowest BCUT2D eigenvalue weighted by Gasteiger charge is -2.24. The van der Waals surface area contributed by atoms with Gasteiger partial charge in [0.1, 0.15) is 0 Å². The highest BCUT2D eigenvalue weighted by Gasteiger charge is 2.25.